The van der Waals surface area contributed by atoms with Crippen molar-refractivity contribution in [1.29, 1.82) is 0 Å². The number of rotatable bonds is 6. The molecule has 0 N–H and O–H groups in total. The van der Waals surface area contributed by atoms with Crippen LogP contribution in [0.2, 0.25) is 0 Å². The van der Waals surface area contributed by atoms with Gasteiger partial charge in [0.2, 0.25) is 5.71 Å². The van der Waals surface area contributed by atoms with E-state index in [1.54, 1.807) is 18.2 Å². The van der Waals surface area contributed by atoms with Crippen molar-refractivity contribution in [2.45, 2.75) is 6.61 Å². The molecule has 3 aromatic rings. The fourth-order valence-electron chi connectivity index (χ4n) is 2.50. The van der Waals surface area contributed by atoms with Crippen LogP contribution in [-0.4, -0.2) is 25.9 Å². The minimum Gasteiger partial charge on any atom is -0.486 e. The summed E-state index contributed by atoms with van der Waals surface area (Å²) in [5.41, 5.74) is 0.762. The zero-order chi connectivity index (χ0) is 18.5. The Bertz CT molecular complexity index is 967. The van der Waals surface area contributed by atoms with Gasteiger partial charge in [-0.15, -0.1) is 11.3 Å². The van der Waals surface area contributed by atoms with Gasteiger partial charge in [-0.3, -0.25) is 0 Å². The first-order chi connectivity index (χ1) is 12.7. The molecule has 26 heavy (non-hydrogen) atoms. The van der Waals surface area contributed by atoms with Crippen molar-refractivity contribution >= 4 is 33.1 Å². The summed E-state index contributed by atoms with van der Waals surface area (Å²) in [5, 5.41) is 4.72. The Balaban J connectivity index is 2.06. The molecule has 2 aromatic carbocycles. The first kappa shape index (κ1) is 17.9. The maximum Gasteiger partial charge on any atom is 0.361 e. The average Bonchev–Trinajstić information content (AvgIpc) is 3.03. The average molecular weight is 373 g/mol. The number of carbonyl (C=O) groups excluding carboxylic acids is 1. The number of fused-ring (bicyclic) bond motifs is 1. The van der Waals surface area contributed by atoms with Crippen molar-refractivity contribution in [2.75, 3.05) is 14.2 Å². The number of halogens is 1. The lowest BCUT2D eigenvalue weighted by Crippen LogP contribution is -2.18. The van der Waals surface area contributed by atoms with Gasteiger partial charge >= 0.3 is 5.97 Å². The molecule has 7 heteroatoms. The number of para-hydroxylation sites is 1. The predicted molar refractivity (Wildman–Crippen MR) is 98.1 cm³/mol. The van der Waals surface area contributed by atoms with Gasteiger partial charge in [0.1, 0.15) is 13.7 Å². The van der Waals surface area contributed by atoms with Crippen LogP contribution in [0.25, 0.3) is 10.1 Å². The molecule has 3 rings (SSSR count). The molecule has 134 valence electrons. The van der Waals surface area contributed by atoms with Crippen LogP contribution in [0.4, 0.5) is 4.39 Å². The Hall–Kier alpha value is -2.93. The number of esters is 1. The summed E-state index contributed by atoms with van der Waals surface area (Å²) >= 11 is 1.37. The molecular weight excluding hydrogens is 357 g/mol. The van der Waals surface area contributed by atoms with Gasteiger partial charge in [0.25, 0.3) is 0 Å². The van der Waals surface area contributed by atoms with E-state index in [9.17, 15) is 9.18 Å². The fraction of sp³-hybridized carbons (Fsp3) is 0.158. The molecule has 0 radical (unpaired) electrons. The van der Waals surface area contributed by atoms with Crippen LogP contribution < -0.4 is 4.74 Å². The van der Waals surface area contributed by atoms with Crippen molar-refractivity contribution in [1.82, 2.24) is 0 Å². The molecule has 0 bridgehead atoms. The highest BCUT2D eigenvalue weighted by Crippen LogP contribution is 2.33. The van der Waals surface area contributed by atoms with Crippen molar-refractivity contribution in [3.63, 3.8) is 0 Å². The van der Waals surface area contributed by atoms with E-state index in [0.29, 0.717) is 4.88 Å². The molecular formula is C19H16FNO4S. The zero-order valence-electron chi connectivity index (χ0n) is 14.2. The third kappa shape index (κ3) is 3.52. The van der Waals surface area contributed by atoms with Crippen LogP contribution >= 0.6 is 11.3 Å². The zero-order valence-corrected chi connectivity index (χ0v) is 15.0. The predicted octanol–water partition coefficient (Wildman–Crippen LogP) is 4.14. The largest absolute Gasteiger partial charge is 0.486 e. The van der Waals surface area contributed by atoms with Gasteiger partial charge in [0.05, 0.1) is 12.0 Å². The topological polar surface area (TPSA) is 57.1 Å². The van der Waals surface area contributed by atoms with E-state index in [4.69, 9.17) is 14.3 Å². The SMILES string of the molecule is CON=C(C(=O)OC)c1sc2ccccc2c1COc1ccccc1F. The highest BCUT2D eigenvalue weighted by Gasteiger charge is 2.24. The molecule has 0 saturated carbocycles. The van der Waals surface area contributed by atoms with Crippen molar-refractivity contribution in [2.24, 2.45) is 5.16 Å². The number of thiophene rings is 1. The molecule has 0 fully saturated rings. The van der Waals surface area contributed by atoms with E-state index in [1.807, 2.05) is 24.3 Å². The number of oxime groups is 1. The van der Waals surface area contributed by atoms with E-state index in [1.165, 1.54) is 31.6 Å². The van der Waals surface area contributed by atoms with Gasteiger partial charge in [-0.1, -0.05) is 35.5 Å². The second-order valence-electron chi connectivity index (χ2n) is 5.24. The molecule has 0 unspecified atom stereocenters. The summed E-state index contributed by atoms with van der Waals surface area (Å²) in [4.78, 5) is 17.5. The van der Waals surface area contributed by atoms with Gasteiger partial charge in [-0.25, -0.2) is 9.18 Å². The Morgan fingerprint density at radius 1 is 1.12 bits per heavy atom. The lowest BCUT2D eigenvalue weighted by molar-refractivity contribution is -0.132. The number of nitrogens with zero attached hydrogens (tertiary/aromatic N) is 1. The van der Waals surface area contributed by atoms with Crippen molar-refractivity contribution < 1.29 is 23.5 Å². The normalized spacial score (nSPS) is 11.4. The lowest BCUT2D eigenvalue weighted by Gasteiger charge is -2.09. The van der Waals surface area contributed by atoms with Crippen LogP contribution in [0.5, 0.6) is 5.75 Å². The molecule has 1 aromatic heterocycles. The molecule has 0 saturated heterocycles. The Labute approximate surface area is 153 Å². The first-order valence-electron chi connectivity index (χ1n) is 7.73. The highest BCUT2D eigenvalue weighted by atomic mass is 32.1. The molecule has 0 atom stereocenters. The van der Waals surface area contributed by atoms with Crippen LogP contribution in [-0.2, 0) is 21.0 Å². The highest BCUT2D eigenvalue weighted by molar-refractivity contribution is 7.21. The van der Waals surface area contributed by atoms with Gasteiger partial charge in [-0.05, 0) is 23.6 Å². The van der Waals surface area contributed by atoms with Crippen molar-refractivity contribution in [3.05, 3.63) is 64.8 Å². The number of carbonyl (C=O) groups is 1. The summed E-state index contributed by atoms with van der Waals surface area (Å²) in [5.74, 6) is -0.935. The minimum absolute atomic E-state index is 0.0448. The molecule has 5 nitrogen and oxygen atoms in total. The maximum absolute atomic E-state index is 13.9. The van der Waals surface area contributed by atoms with Crippen molar-refractivity contribution in [3.8, 4) is 5.75 Å². The molecule has 0 aliphatic carbocycles. The molecule has 0 aliphatic rings. The van der Waals surface area contributed by atoms with E-state index >= 15 is 0 Å². The van der Waals surface area contributed by atoms with E-state index in [-0.39, 0.29) is 18.1 Å². The van der Waals surface area contributed by atoms with Crippen LogP contribution in [0.15, 0.2) is 53.7 Å². The standard InChI is InChI=1S/C19H16FNO4S/c1-23-19(22)17(21-24-2)18-13(12-7-3-6-10-16(12)26-18)11-25-15-9-5-4-8-14(15)20/h3-10H,11H2,1-2H3. The van der Waals surface area contributed by atoms with E-state index in [0.717, 1.165) is 15.6 Å². The maximum atomic E-state index is 13.9. The number of benzene rings is 2. The first-order valence-corrected chi connectivity index (χ1v) is 8.55. The number of ether oxygens (including phenoxy) is 2. The fourth-order valence-corrected chi connectivity index (χ4v) is 3.68. The molecule has 0 spiro atoms. The summed E-state index contributed by atoms with van der Waals surface area (Å²) in [6, 6.07) is 13.8. The van der Waals surface area contributed by atoms with Gasteiger partial charge in [0.15, 0.2) is 11.6 Å². The second-order valence-corrected chi connectivity index (χ2v) is 6.29. The number of hydrogen-bond donors (Lipinski definition) is 0. The number of methoxy groups -OCH3 is 1. The smallest absolute Gasteiger partial charge is 0.361 e. The van der Waals surface area contributed by atoms with E-state index < -0.39 is 11.8 Å². The minimum atomic E-state index is -0.620. The quantitative estimate of drug-likeness (QED) is 0.370. The van der Waals surface area contributed by atoms with Gasteiger partial charge < -0.3 is 14.3 Å². The summed E-state index contributed by atoms with van der Waals surface area (Å²) in [6.45, 7) is 0.0695. The van der Waals surface area contributed by atoms with Gasteiger partial charge in [-0.2, -0.15) is 0 Å². The summed E-state index contributed by atoms with van der Waals surface area (Å²) in [6.07, 6.45) is 0. The molecule has 0 aliphatic heterocycles. The molecule has 1 heterocycles. The Morgan fingerprint density at radius 2 is 1.85 bits per heavy atom. The number of hydrogen-bond acceptors (Lipinski definition) is 6. The van der Waals surface area contributed by atoms with Crippen LogP contribution in [0, 0.1) is 5.82 Å². The third-order valence-corrected chi connectivity index (χ3v) is 4.90. The van der Waals surface area contributed by atoms with E-state index in [2.05, 4.69) is 5.16 Å². The third-order valence-electron chi connectivity index (χ3n) is 3.68. The second kappa shape index (κ2) is 7.97. The Morgan fingerprint density at radius 3 is 2.58 bits per heavy atom. The Kier molecular flexibility index (Phi) is 5.48. The monoisotopic (exact) mass is 373 g/mol. The van der Waals surface area contributed by atoms with Crippen LogP contribution in [0.3, 0.4) is 0 Å². The summed E-state index contributed by atoms with van der Waals surface area (Å²) < 4.78 is 25.3. The van der Waals surface area contributed by atoms with Crippen LogP contribution in [0.1, 0.15) is 10.4 Å². The van der Waals surface area contributed by atoms with Gasteiger partial charge in [0, 0.05) is 10.3 Å². The summed E-state index contributed by atoms with van der Waals surface area (Å²) in [7, 11) is 2.63. The lowest BCUT2D eigenvalue weighted by atomic mass is 10.1. The molecule has 0 amide bonds.